The molecule has 0 radical (unpaired) electrons. The molecule has 0 aliphatic carbocycles. The van der Waals surface area contributed by atoms with Crippen molar-refractivity contribution >= 4 is 40.2 Å². The third-order valence-corrected chi connectivity index (χ3v) is 7.02. The van der Waals surface area contributed by atoms with Crippen LogP contribution in [0.5, 0.6) is 0 Å². The number of hydrogen-bond donors (Lipinski definition) is 0. The predicted octanol–water partition coefficient (Wildman–Crippen LogP) is 8.01. The summed E-state index contributed by atoms with van der Waals surface area (Å²) >= 11 is 12.4. The number of halogens is 2. The number of carbonyl (C=O) groups is 1. The number of hydrogen-bond acceptors (Lipinski definition) is 4. The molecule has 1 atom stereocenters. The molecule has 194 valence electrons. The topological polar surface area (TPSA) is 53.4 Å². The van der Waals surface area contributed by atoms with E-state index < -0.39 is 17.7 Å². The van der Waals surface area contributed by atoms with E-state index in [0.717, 1.165) is 39.0 Å². The molecule has 2 aromatic carbocycles. The van der Waals surface area contributed by atoms with E-state index in [-0.39, 0.29) is 0 Å². The first-order valence-electron chi connectivity index (χ1n) is 12.2. The first-order valence-corrected chi connectivity index (χ1v) is 12.9. The summed E-state index contributed by atoms with van der Waals surface area (Å²) < 4.78 is 13.7. The van der Waals surface area contributed by atoms with Crippen LogP contribution in [0.4, 0.5) is 0 Å². The molecule has 0 aliphatic rings. The van der Waals surface area contributed by atoms with Crippen LogP contribution < -0.4 is 0 Å². The molecule has 0 N–H and O–H groups in total. The number of rotatable bonds is 6. The lowest BCUT2D eigenvalue weighted by molar-refractivity contribution is -0.164. The number of methoxy groups -OCH3 is 1. The lowest BCUT2D eigenvalue weighted by atomic mass is 9.91. The normalized spacial score (nSPS) is 12.7. The van der Waals surface area contributed by atoms with Crippen molar-refractivity contribution in [2.75, 3.05) is 7.11 Å². The molecule has 37 heavy (non-hydrogen) atoms. The van der Waals surface area contributed by atoms with Crippen LogP contribution in [0, 0.1) is 20.8 Å². The molecule has 0 saturated carbocycles. The third-order valence-electron chi connectivity index (χ3n) is 6.52. The van der Waals surface area contributed by atoms with Crippen LogP contribution in [-0.2, 0) is 20.8 Å². The van der Waals surface area contributed by atoms with Crippen molar-refractivity contribution in [3.8, 4) is 11.1 Å². The first-order chi connectivity index (χ1) is 17.4. The van der Waals surface area contributed by atoms with Crippen LogP contribution in [0.2, 0.25) is 10.0 Å². The van der Waals surface area contributed by atoms with E-state index >= 15 is 0 Å². The number of carbonyl (C=O) groups excluding carboxylic acids is 1. The molecule has 1 unspecified atom stereocenters. The number of aryl methyl sites for hydroxylation is 2. The standard InChI is InChI=1S/C30H32Cl2N2O3/c1-17-19(3)34(16-20-8-12-22(31)13-9-20)28-24(17)26(21-10-14-23(32)15-11-21)25(18(2)33-28)27(29(35)36-7)37-30(4,5)6/h8-15,27H,16H2,1-7H3. The van der Waals surface area contributed by atoms with Crippen molar-refractivity contribution in [3.05, 3.63) is 86.7 Å². The van der Waals surface area contributed by atoms with Crippen molar-refractivity contribution in [2.24, 2.45) is 0 Å². The van der Waals surface area contributed by atoms with Gasteiger partial charge >= 0.3 is 5.97 Å². The molecule has 0 bridgehead atoms. The maximum atomic E-state index is 13.1. The Hall–Kier alpha value is -2.86. The van der Waals surface area contributed by atoms with E-state index in [9.17, 15) is 4.79 Å². The van der Waals surface area contributed by atoms with Gasteiger partial charge in [0.1, 0.15) is 5.65 Å². The average Bonchev–Trinajstić information content (AvgIpc) is 3.07. The Kier molecular flexibility index (Phi) is 7.70. The Bertz CT molecular complexity index is 1450. The number of ether oxygens (including phenoxy) is 2. The smallest absolute Gasteiger partial charge is 0.339 e. The Morgan fingerprint density at radius 3 is 2.08 bits per heavy atom. The fourth-order valence-corrected chi connectivity index (χ4v) is 4.94. The minimum absolute atomic E-state index is 0.468. The van der Waals surface area contributed by atoms with Gasteiger partial charge in [0.25, 0.3) is 0 Å². The largest absolute Gasteiger partial charge is 0.467 e. The Labute approximate surface area is 228 Å². The zero-order valence-electron chi connectivity index (χ0n) is 22.3. The average molecular weight is 540 g/mol. The van der Waals surface area contributed by atoms with Gasteiger partial charge in [-0.2, -0.15) is 0 Å². The zero-order chi connectivity index (χ0) is 27.1. The van der Waals surface area contributed by atoms with Crippen molar-refractivity contribution in [3.63, 3.8) is 0 Å². The fourth-order valence-electron chi connectivity index (χ4n) is 4.68. The van der Waals surface area contributed by atoms with Crippen LogP contribution in [-0.4, -0.2) is 28.2 Å². The summed E-state index contributed by atoms with van der Waals surface area (Å²) in [6, 6.07) is 15.5. The lowest BCUT2D eigenvalue weighted by Gasteiger charge is -2.29. The van der Waals surface area contributed by atoms with Gasteiger partial charge < -0.3 is 14.0 Å². The molecular weight excluding hydrogens is 507 g/mol. The van der Waals surface area contributed by atoms with Gasteiger partial charge in [-0.05, 0) is 82.5 Å². The van der Waals surface area contributed by atoms with E-state index in [0.29, 0.717) is 27.8 Å². The summed E-state index contributed by atoms with van der Waals surface area (Å²) in [5.41, 5.74) is 6.76. The van der Waals surface area contributed by atoms with E-state index in [2.05, 4.69) is 18.4 Å². The summed E-state index contributed by atoms with van der Waals surface area (Å²) in [7, 11) is 1.38. The predicted molar refractivity (Wildman–Crippen MR) is 151 cm³/mol. The summed E-state index contributed by atoms with van der Waals surface area (Å²) in [4.78, 5) is 18.2. The summed E-state index contributed by atoms with van der Waals surface area (Å²) in [5, 5.41) is 2.31. The molecule has 0 saturated heterocycles. The summed E-state index contributed by atoms with van der Waals surface area (Å²) in [5.74, 6) is -0.468. The van der Waals surface area contributed by atoms with Gasteiger partial charge in [0.15, 0.2) is 6.10 Å². The second-order valence-electron chi connectivity index (χ2n) is 10.2. The molecule has 0 amide bonds. The minimum atomic E-state index is -0.952. The van der Waals surface area contributed by atoms with Crippen LogP contribution in [0.25, 0.3) is 22.2 Å². The van der Waals surface area contributed by atoms with Crippen LogP contribution >= 0.6 is 23.2 Å². The van der Waals surface area contributed by atoms with Crippen LogP contribution in [0.1, 0.15) is 55.0 Å². The molecule has 2 aromatic heterocycles. The highest BCUT2D eigenvalue weighted by Gasteiger charge is 2.34. The molecular formula is C30H32Cl2N2O3. The lowest BCUT2D eigenvalue weighted by Crippen LogP contribution is -2.29. The van der Waals surface area contributed by atoms with E-state index in [4.69, 9.17) is 37.7 Å². The van der Waals surface area contributed by atoms with Crippen molar-refractivity contribution in [1.82, 2.24) is 9.55 Å². The molecule has 2 heterocycles. The molecule has 0 aliphatic heterocycles. The number of pyridine rings is 1. The number of nitrogens with zero attached hydrogens (tertiary/aromatic N) is 2. The highest BCUT2D eigenvalue weighted by atomic mass is 35.5. The zero-order valence-corrected chi connectivity index (χ0v) is 23.8. The fraction of sp³-hybridized carbons (Fsp3) is 0.333. The van der Waals surface area contributed by atoms with E-state index in [1.165, 1.54) is 7.11 Å². The van der Waals surface area contributed by atoms with Crippen molar-refractivity contribution in [2.45, 2.75) is 59.8 Å². The SMILES string of the molecule is COC(=O)C(OC(C)(C)C)c1c(C)nc2c(c(C)c(C)n2Cc2ccc(Cl)cc2)c1-c1ccc(Cl)cc1. The van der Waals surface area contributed by atoms with Crippen LogP contribution in [0.3, 0.4) is 0 Å². The Balaban J connectivity index is 2.06. The minimum Gasteiger partial charge on any atom is -0.467 e. The van der Waals surface area contributed by atoms with Gasteiger partial charge in [0.2, 0.25) is 0 Å². The third kappa shape index (κ3) is 5.54. The van der Waals surface area contributed by atoms with Crippen LogP contribution in [0.15, 0.2) is 48.5 Å². The second kappa shape index (κ2) is 10.5. The molecule has 0 fully saturated rings. The van der Waals surface area contributed by atoms with Gasteiger partial charge in [-0.25, -0.2) is 9.78 Å². The summed E-state index contributed by atoms with van der Waals surface area (Å²) in [6.45, 7) is 12.5. The van der Waals surface area contributed by atoms with Gasteiger partial charge in [0, 0.05) is 44.5 Å². The monoisotopic (exact) mass is 538 g/mol. The van der Waals surface area contributed by atoms with E-state index in [1.54, 1.807) is 0 Å². The van der Waals surface area contributed by atoms with Crippen molar-refractivity contribution in [1.29, 1.82) is 0 Å². The molecule has 4 aromatic rings. The quantitative estimate of drug-likeness (QED) is 0.233. The molecule has 7 heteroatoms. The molecule has 0 spiro atoms. The van der Waals surface area contributed by atoms with Gasteiger partial charge in [-0.1, -0.05) is 47.5 Å². The van der Waals surface area contributed by atoms with Gasteiger partial charge in [0.05, 0.1) is 12.7 Å². The Morgan fingerprint density at radius 2 is 1.54 bits per heavy atom. The number of aromatic nitrogens is 2. The molecule has 4 rings (SSSR count). The number of fused-ring (bicyclic) bond motifs is 1. The number of esters is 1. The number of benzene rings is 2. The second-order valence-corrected chi connectivity index (χ2v) is 11.1. The van der Waals surface area contributed by atoms with Gasteiger partial charge in [-0.3, -0.25) is 0 Å². The highest BCUT2D eigenvalue weighted by Crippen LogP contribution is 2.42. The Morgan fingerprint density at radius 1 is 0.973 bits per heavy atom. The summed E-state index contributed by atoms with van der Waals surface area (Å²) in [6.07, 6.45) is -0.952. The van der Waals surface area contributed by atoms with Gasteiger partial charge in [-0.15, -0.1) is 0 Å². The molecule has 5 nitrogen and oxygen atoms in total. The first kappa shape index (κ1) is 27.2. The van der Waals surface area contributed by atoms with Crippen molar-refractivity contribution < 1.29 is 14.3 Å². The highest BCUT2D eigenvalue weighted by molar-refractivity contribution is 6.30. The maximum Gasteiger partial charge on any atom is 0.339 e. The maximum absolute atomic E-state index is 13.1. The van der Waals surface area contributed by atoms with E-state index in [1.807, 2.05) is 76.2 Å².